The number of rotatable bonds is 4. The molecule has 0 aliphatic carbocycles. The van der Waals surface area contributed by atoms with E-state index in [0.29, 0.717) is 12.1 Å². The molecule has 2 rings (SSSR count). The Labute approximate surface area is 98.7 Å². The van der Waals surface area contributed by atoms with Gasteiger partial charge >= 0.3 is 0 Å². The van der Waals surface area contributed by atoms with Gasteiger partial charge in [-0.2, -0.15) is 5.10 Å². The lowest BCUT2D eigenvalue weighted by Gasteiger charge is -2.11. The fourth-order valence-electron chi connectivity index (χ4n) is 1.53. The Morgan fingerprint density at radius 1 is 1.41 bits per heavy atom. The molecular formula is C12H14FN3O. The predicted octanol–water partition coefficient (Wildman–Crippen LogP) is 1.70. The summed E-state index contributed by atoms with van der Waals surface area (Å²) in [5, 5.41) is 16.9. The van der Waals surface area contributed by atoms with Crippen molar-refractivity contribution < 1.29 is 9.50 Å². The van der Waals surface area contributed by atoms with Crippen molar-refractivity contribution in [2.24, 2.45) is 7.05 Å². The van der Waals surface area contributed by atoms with Crippen molar-refractivity contribution in [3.8, 4) is 0 Å². The minimum absolute atomic E-state index is 0.304. The van der Waals surface area contributed by atoms with Crippen LogP contribution in [-0.4, -0.2) is 21.4 Å². The number of hydrogen-bond acceptors (Lipinski definition) is 3. The molecule has 0 saturated carbocycles. The van der Waals surface area contributed by atoms with Crippen LogP contribution in [-0.2, 0) is 7.05 Å². The van der Waals surface area contributed by atoms with Crippen molar-refractivity contribution in [1.82, 2.24) is 9.78 Å². The standard InChI is InChI=1S/C12H14FN3O/c1-16-8-11(6-15-16)14-7-12(17)9-2-4-10(13)5-3-9/h2-6,8,12,14,17H,7H2,1H3. The predicted molar refractivity (Wildman–Crippen MR) is 63.1 cm³/mol. The van der Waals surface area contributed by atoms with Gasteiger partial charge in [0.05, 0.1) is 18.0 Å². The largest absolute Gasteiger partial charge is 0.387 e. The van der Waals surface area contributed by atoms with Gasteiger partial charge in [-0.25, -0.2) is 4.39 Å². The van der Waals surface area contributed by atoms with Crippen LogP contribution in [0.2, 0.25) is 0 Å². The first-order chi connectivity index (χ1) is 8.15. The van der Waals surface area contributed by atoms with E-state index in [4.69, 9.17) is 0 Å². The average molecular weight is 235 g/mol. The SMILES string of the molecule is Cn1cc(NCC(O)c2ccc(F)cc2)cn1. The van der Waals surface area contributed by atoms with E-state index in [1.54, 1.807) is 23.0 Å². The van der Waals surface area contributed by atoms with Gasteiger partial charge in [0, 0.05) is 19.8 Å². The lowest BCUT2D eigenvalue weighted by molar-refractivity contribution is 0.191. The molecule has 1 aromatic carbocycles. The molecule has 1 heterocycles. The summed E-state index contributed by atoms with van der Waals surface area (Å²) in [6.45, 7) is 0.358. The smallest absolute Gasteiger partial charge is 0.123 e. The van der Waals surface area contributed by atoms with Crippen molar-refractivity contribution in [3.05, 3.63) is 48.0 Å². The molecule has 1 unspecified atom stereocenters. The Morgan fingerprint density at radius 2 is 2.12 bits per heavy atom. The van der Waals surface area contributed by atoms with E-state index in [0.717, 1.165) is 5.69 Å². The van der Waals surface area contributed by atoms with E-state index in [2.05, 4.69) is 10.4 Å². The average Bonchev–Trinajstić information content (AvgIpc) is 2.73. The number of anilines is 1. The third-order valence-electron chi connectivity index (χ3n) is 2.46. The zero-order chi connectivity index (χ0) is 12.3. The highest BCUT2D eigenvalue weighted by Gasteiger charge is 2.07. The molecule has 2 aromatic rings. The van der Waals surface area contributed by atoms with Gasteiger partial charge in [0.25, 0.3) is 0 Å². The highest BCUT2D eigenvalue weighted by molar-refractivity contribution is 5.38. The van der Waals surface area contributed by atoms with Gasteiger partial charge in [-0.05, 0) is 17.7 Å². The number of aryl methyl sites for hydroxylation is 1. The molecule has 1 atom stereocenters. The Morgan fingerprint density at radius 3 is 2.71 bits per heavy atom. The van der Waals surface area contributed by atoms with Crippen molar-refractivity contribution in [1.29, 1.82) is 0 Å². The maximum Gasteiger partial charge on any atom is 0.123 e. The minimum Gasteiger partial charge on any atom is -0.387 e. The second kappa shape index (κ2) is 4.97. The van der Waals surface area contributed by atoms with Crippen LogP contribution in [0.25, 0.3) is 0 Å². The molecule has 2 N–H and O–H groups in total. The van der Waals surface area contributed by atoms with Crippen molar-refractivity contribution in [2.75, 3.05) is 11.9 Å². The normalized spacial score (nSPS) is 12.4. The van der Waals surface area contributed by atoms with E-state index in [1.165, 1.54) is 12.1 Å². The second-order valence-corrected chi connectivity index (χ2v) is 3.85. The molecule has 0 fully saturated rings. The minimum atomic E-state index is -0.671. The molecular weight excluding hydrogens is 221 g/mol. The fraction of sp³-hybridized carbons (Fsp3) is 0.250. The maximum absolute atomic E-state index is 12.7. The first-order valence-electron chi connectivity index (χ1n) is 5.31. The first-order valence-corrected chi connectivity index (χ1v) is 5.31. The van der Waals surface area contributed by atoms with Crippen LogP contribution in [0.4, 0.5) is 10.1 Å². The van der Waals surface area contributed by atoms with Gasteiger partial charge < -0.3 is 10.4 Å². The zero-order valence-electron chi connectivity index (χ0n) is 9.47. The van der Waals surface area contributed by atoms with Crippen LogP contribution in [0.3, 0.4) is 0 Å². The van der Waals surface area contributed by atoms with Gasteiger partial charge in [0.2, 0.25) is 0 Å². The van der Waals surface area contributed by atoms with E-state index in [9.17, 15) is 9.50 Å². The lowest BCUT2D eigenvalue weighted by atomic mass is 10.1. The molecule has 0 amide bonds. The summed E-state index contributed by atoms with van der Waals surface area (Å²) in [4.78, 5) is 0. The summed E-state index contributed by atoms with van der Waals surface area (Å²) in [7, 11) is 1.82. The summed E-state index contributed by atoms with van der Waals surface area (Å²) in [5.74, 6) is -0.304. The van der Waals surface area contributed by atoms with Crippen LogP contribution in [0.15, 0.2) is 36.7 Å². The van der Waals surface area contributed by atoms with Gasteiger partial charge in [0.1, 0.15) is 5.82 Å². The van der Waals surface area contributed by atoms with E-state index >= 15 is 0 Å². The molecule has 0 aliphatic heterocycles. The highest BCUT2D eigenvalue weighted by Crippen LogP contribution is 2.14. The fourth-order valence-corrected chi connectivity index (χ4v) is 1.53. The monoisotopic (exact) mass is 235 g/mol. The van der Waals surface area contributed by atoms with Gasteiger partial charge in [-0.15, -0.1) is 0 Å². The van der Waals surface area contributed by atoms with Crippen LogP contribution in [0.5, 0.6) is 0 Å². The van der Waals surface area contributed by atoms with Crippen LogP contribution >= 0.6 is 0 Å². The Balaban J connectivity index is 1.93. The molecule has 0 saturated heterocycles. The van der Waals surface area contributed by atoms with Gasteiger partial charge in [0.15, 0.2) is 0 Å². The molecule has 0 spiro atoms. The zero-order valence-corrected chi connectivity index (χ0v) is 9.47. The summed E-state index contributed by atoms with van der Waals surface area (Å²) in [6.07, 6.45) is 2.82. The second-order valence-electron chi connectivity index (χ2n) is 3.85. The molecule has 17 heavy (non-hydrogen) atoms. The third kappa shape index (κ3) is 3.04. The Hall–Kier alpha value is -1.88. The van der Waals surface area contributed by atoms with Gasteiger partial charge in [-0.1, -0.05) is 12.1 Å². The van der Waals surface area contributed by atoms with E-state index in [-0.39, 0.29) is 5.82 Å². The third-order valence-corrected chi connectivity index (χ3v) is 2.46. The molecule has 90 valence electrons. The number of benzene rings is 1. The lowest BCUT2D eigenvalue weighted by Crippen LogP contribution is -2.11. The van der Waals surface area contributed by atoms with E-state index < -0.39 is 6.10 Å². The summed E-state index contributed by atoms with van der Waals surface area (Å²) >= 11 is 0. The molecule has 5 heteroatoms. The quantitative estimate of drug-likeness (QED) is 0.848. The number of nitrogens with zero attached hydrogens (tertiary/aromatic N) is 2. The molecule has 0 radical (unpaired) electrons. The highest BCUT2D eigenvalue weighted by atomic mass is 19.1. The van der Waals surface area contributed by atoms with Crippen molar-refractivity contribution in [3.63, 3.8) is 0 Å². The number of halogens is 1. The van der Waals surface area contributed by atoms with Crippen LogP contribution in [0, 0.1) is 5.82 Å². The number of nitrogens with one attached hydrogen (secondary N) is 1. The summed E-state index contributed by atoms with van der Waals surface area (Å²) in [5.41, 5.74) is 1.52. The Bertz CT molecular complexity index is 481. The number of aromatic nitrogens is 2. The first kappa shape index (κ1) is 11.6. The molecule has 4 nitrogen and oxygen atoms in total. The van der Waals surface area contributed by atoms with Crippen LogP contribution in [0.1, 0.15) is 11.7 Å². The van der Waals surface area contributed by atoms with E-state index in [1.807, 2.05) is 13.2 Å². The number of aliphatic hydroxyl groups excluding tert-OH is 1. The Kier molecular flexibility index (Phi) is 3.39. The maximum atomic E-state index is 12.7. The summed E-state index contributed by atoms with van der Waals surface area (Å²) < 4.78 is 14.4. The van der Waals surface area contributed by atoms with Crippen LogP contribution < -0.4 is 5.32 Å². The number of hydrogen-bond donors (Lipinski definition) is 2. The number of aliphatic hydroxyl groups is 1. The van der Waals surface area contributed by atoms with Crippen molar-refractivity contribution >= 4 is 5.69 Å². The topological polar surface area (TPSA) is 50.1 Å². The van der Waals surface area contributed by atoms with Crippen molar-refractivity contribution in [2.45, 2.75) is 6.10 Å². The molecule has 0 aliphatic rings. The molecule has 0 bridgehead atoms. The van der Waals surface area contributed by atoms with Gasteiger partial charge in [-0.3, -0.25) is 4.68 Å². The summed E-state index contributed by atoms with van der Waals surface area (Å²) in [6, 6.07) is 5.82. The molecule has 1 aromatic heterocycles.